The zero-order valence-electron chi connectivity index (χ0n) is 11.6. The third-order valence-electron chi connectivity index (χ3n) is 3.03. The van der Waals surface area contributed by atoms with Crippen LogP contribution in [0, 0.1) is 0 Å². The number of amides is 2. The molecular weight excluding hydrogens is 262 g/mol. The maximum absolute atomic E-state index is 11.9. The van der Waals surface area contributed by atoms with Gasteiger partial charge in [-0.1, -0.05) is 5.21 Å². The summed E-state index contributed by atoms with van der Waals surface area (Å²) in [5.74, 6) is -0.385. The summed E-state index contributed by atoms with van der Waals surface area (Å²) in [4.78, 5) is 24.9. The van der Waals surface area contributed by atoms with Crippen molar-refractivity contribution in [2.24, 2.45) is 0 Å². The third kappa shape index (κ3) is 4.02. The van der Waals surface area contributed by atoms with Gasteiger partial charge in [-0.25, -0.2) is 4.68 Å². The molecule has 0 aliphatic heterocycles. The number of aromatic nitrogens is 3. The van der Waals surface area contributed by atoms with Gasteiger partial charge in [0.05, 0.1) is 18.8 Å². The highest BCUT2D eigenvalue weighted by Gasteiger charge is 2.24. The number of carbonyl (C=O) groups excluding carboxylic acids is 2. The zero-order valence-corrected chi connectivity index (χ0v) is 11.6. The van der Waals surface area contributed by atoms with Gasteiger partial charge in [0, 0.05) is 13.1 Å². The molecule has 0 aromatic carbocycles. The van der Waals surface area contributed by atoms with E-state index in [0.717, 1.165) is 12.8 Å². The molecule has 0 spiro atoms. The number of rotatable bonds is 6. The number of likely N-dealkylation sites (N-methyl/N-ethyl adjacent to an activating group) is 1. The lowest BCUT2D eigenvalue weighted by molar-refractivity contribution is -0.135. The molecule has 1 unspecified atom stereocenters. The largest absolute Gasteiger partial charge is 0.387 e. The van der Waals surface area contributed by atoms with Crippen molar-refractivity contribution in [3.8, 4) is 0 Å². The maximum atomic E-state index is 11.9. The minimum Gasteiger partial charge on any atom is -0.387 e. The summed E-state index contributed by atoms with van der Waals surface area (Å²) in [6, 6.07) is 0.287. The molecule has 1 atom stereocenters. The van der Waals surface area contributed by atoms with E-state index in [0.29, 0.717) is 5.69 Å². The highest BCUT2D eigenvalue weighted by molar-refractivity contribution is 5.84. The second-order valence-corrected chi connectivity index (χ2v) is 5.11. The third-order valence-corrected chi connectivity index (χ3v) is 3.03. The van der Waals surface area contributed by atoms with Crippen LogP contribution in [0.25, 0.3) is 0 Å². The number of aliphatic hydroxyl groups excluding tert-OH is 1. The maximum Gasteiger partial charge on any atom is 0.244 e. The molecular formula is C12H19N5O3. The SMILES string of the molecule is CC(O)c1cn(CC(=O)N(C)CC(=O)NC2CC2)nn1. The molecule has 0 radical (unpaired) electrons. The molecule has 1 fully saturated rings. The Morgan fingerprint density at radius 3 is 2.85 bits per heavy atom. The van der Waals surface area contributed by atoms with E-state index >= 15 is 0 Å². The first kappa shape index (κ1) is 14.4. The fraction of sp³-hybridized carbons (Fsp3) is 0.667. The van der Waals surface area contributed by atoms with E-state index < -0.39 is 6.10 Å². The van der Waals surface area contributed by atoms with Gasteiger partial charge >= 0.3 is 0 Å². The molecule has 0 saturated heterocycles. The highest BCUT2D eigenvalue weighted by atomic mass is 16.3. The minimum atomic E-state index is -0.721. The van der Waals surface area contributed by atoms with Gasteiger partial charge in [-0.05, 0) is 19.8 Å². The van der Waals surface area contributed by atoms with Crippen LogP contribution in [-0.4, -0.2) is 56.4 Å². The van der Waals surface area contributed by atoms with Gasteiger partial charge < -0.3 is 15.3 Å². The fourth-order valence-corrected chi connectivity index (χ4v) is 1.65. The molecule has 8 nitrogen and oxygen atoms in total. The van der Waals surface area contributed by atoms with Crippen molar-refractivity contribution < 1.29 is 14.7 Å². The van der Waals surface area contributed by atoms with E-state index in [2.05, 4.69) is 15.6 Å². The molecule has 1 aromatic rings. The van der Waals surface area contributed by atoms with Crippen LogP contribution in [0.4, 0.5) is 0 Å². The summed E-state index contributed by atoms with van der Waals surface area (Å²) < 4.78 is 1.35. The van der Waals surface area contributed by atoms with Crippen molar-refractivity contribution in [1.29, 1.82) is 0 Å². The predicted molar refractivity (Wildman–Crippen MR) is 69.5 cm³/mol. The number of nitrogens with one attached hydrogen (secondary N) is 1. The van der Waals surface area contributed by atoms with Gasteiger partial charge in [-0.3, -0.25) is 9.59 Å². The van der Waals surface area contributed by atoms with E-state index in [1.807, 2.05) is 0 Å². The summed E-state index contributed by atoms with van der Waals surface area (Å²) in [5.41, 5.74) is 0.409. The first-order valence-electron chi connectivity index (χ1n) is 6.57. The summed E-state index contributed by atoms with van der Waals surface area (Å²) in [6.45, 7) is 1.60. The Bertz CT molecular complexity index is 495. The molecule has 8 heteroatoms. The molecule has 1 saturated carbocycles. The van der Waals surface area contributed by atoms with E-state index in [-0.39, 0.29) is 30.9 Å². The summed E-state index contributed by atoms with van der Waals surface area (Å²) in [5, 5.41) is 19.7. The van der Waals surface area contributed by atoms with Crippen LogP contribution in [0.15, 0.2) is 6.20 Å². The number of hydrogen-bond acceptors (Lipinski definition) is 5. The molecule has 0 bridgehead atoms. The average Bonchev–Trinajstić information content (AvgIpc) is 3.04. The van der Waals surface area contributed by atoms with Crippen molar-refractivity contribution in [1.82, 2.24) is 25.2 Å². The molecule has 110 valence electrons. The lowest BCUT2D eigenvalue weighted by Gasteiger charge is -2.16. The molecule has 2 amide bonds. The molecule has 20 heavy (non-hydrogen) atoms. The molecule has 1 aliphatic carbocycles. The minimum absolute atomic E-state index is 0.00702. The molecule has 2 rings (SSSR count). The lowest BCUT2D eigenvalue weighted by Crippen LogP contribution is -2.40. The summed E-state index contributed by atoms with van der Waals surface area (Å²) in [6.07, 6.45) is 2.83. The van der Waals surface area contributed by atoms with E-state index in [4.69, 9.17) is 0 Å². The number of hydrogen-bond donors (Lipinski definition) is 2. The lowest BCUT2D eigenvalue weighted by atomic mass is 10.3. The highest BCUT2D eigenvalue weighted by Crippen LogP contribution is 2.18. The van der Waals surface area contributed by atoms with Crippen molar-refractivity contribution in [2.45, 2.75) is 38.5 Å². The Balaban J connectivity index is 1.81. The van der Waals surface area contributed by atoms with Crippen LogP contribution in [0.2, 0.25) is 0 Å². The topological polar surface area (TPSA) is 100 Å². The van der Waals surface area contributed by atoms with Crippen molar-refractivity contribution in [2.75, 3.05) is 13.6 Å². The standard InChI is InChI=1S/C12H19N5O3/c1-8(18)10-5-17(15-14-10)7-12(20)16(2)6-11(19)13-9-3-4-9/h5,8-9,18H,3-4,6-7H2,1-2H3,(H,13,19). The van der Waals surface area contributed by atoms with Crippen LogP contribution >= 0.6 is 0 Å². The quantitative estimate of drug-likeness (QED) is 0.701. The van der Waals surface area contributed by atoms with Crippen molar-refractivity contribution in [3.63, 3.8) is 0 Å². The first-order chi connectivity index (χ1) is 9.45. The van der Waals surface area contributed by atoms with Gasteiger partial charge in [0.15, 0.2) is 0 Å². The Morgan fingerprint density at radius 1 is 1.60 bits per heavy atom. The summed E-state index contributed by atoms with van der Waals surface area (Å²) >= 11 is 0. The Kier molecular flexibility index (Phi) is 4.33. The molecule has 1 heterocycles. The zero-order chi connectivity index (χ0) is 14.7. The second-order valence-electron chi connectivity index (χ2n) is 5.11. The second kappa shape index (κ2) is 6.00. The Hall–Kier alpha value is -1.96. The van der Waals surface area contributed by atoms with Gasteiger partial charge in [0.25, 0.3) is 0 Å². The van der Waals surface area contributed by atoms with E-state index in [1.165, 1.54) is 15.8 Å². The van der Waals surface area contributed by atoms with Crippen LogP contribution in [0.1, 0.15) is 31.6 Å². The number of nitrogens with zero attached hydrogens (tertiary/aromatic N) is 4. The first-order valence-corrected chi connectivity index (χ1v) is 6.57. The molecule has 1 aromatic heterocycles. The smallest absolute Gasteiger partial charge is 0.244 e. The van der Waals surface area contributed by atoms with Crippen molar-refractivity contribution in [3.05, 3.63) is 11.9 Å². The Morgan fingerprint density at radius 2 is 2.30 bits per heavy atom. The Labute approximate surface area is 116 Å². The monoisotopic (exact) mass is 281 g/mol. The van der Waals surface area contributed by atoms with Crippen LogP contribution in [0.3, 0.4) is 0 Å². The molecule has 1 aliphatic rings. The van der Waals surface area contributed by atoms with Crippen LogP contribution < -0.4 is 5.32 Å². The summed E-state index contributed by atoms with van der Waals surface area (Å²) in [7, 11) is 1.57. The van der Waals surface area contributed by atoms with Gasteiger partial charge in [0.2, 0.25) is 11.8 Å². The van der Waals surface area contributed by atoms with Crippen LogP contribution in [0.5, 0.6) is 0 Å². The fourth-order valence-electron chi connectivity index (χ4n) is 1.65. The molecule has 2 N–H and O–H groups in total. The average molecular weight is 281 g/mol. The number of aliphatic hydroxyl groups is 1. The van der Waals surface area contributed by atoms with Crippen LogP contribution in [-0.2, 0) is 16.1 Å². The van der Waals surface area contributed by atoms with E-state index in [9.17, 15) is 14.7 Å². The van der Waals surface area contributed by atoms with Crippen molar-refractivity contribution >= 4 is 11.8 Å². The normalized spacial score (nSPS) is 15.8. The van der Waals surface area contributed by atoms with Gasteiger partial charge in [0.1, 0.15) is 12.2 Å². The van der Waals surface area contributed by atoms with E-state index in [1.54, 1.807) is 14.0 Å². The van der Waals surface area contributed by atoms with Gasteiger partial charge in [-0.15, -0.1) is 5.10 Å². The number of carbonyl (C=O) groups is 2. The predicted octanol–water partition coefficient (Wildman–Crippen LogP) is -0.932. The van der Waals surface area contributed by atoms with Gasteiger partial charge in [-0.2, -0.15) is 0 Å².